The third-order valence-corrected chi connectivity index (χ3v) is 5.53. The summed E-state index contributed by atoms with van der Waals surface area (Å²) in [5, 5.41) is 0. The molecule has 0 aliphatic rings. The van der Waals surface area contributed by atoms with Gasteiger partial charge in [-0.2, -0.15) is 0 Å². The lowest BCUT2D eigenvalue weighted by Crippen LogP contribution is -2.37. The van der Waals surface area contributed by atoms with Crippen LogP contribution in [0.5, 0.6) is 0 Å². The minimum absolute atomic E-state index is 0.112. The fraction of sp³-hybridized carbons (Fsp3) is 0.269. The SMILES string of the molecule is COC(=O)C(C)[C@@H](c1ccccc1)N(Cc1ccccc1)[C@H](C)c1ccccc1. The predicted molar refractivity (Wildman–Crippen MR) is 117 cm³/mol. The highest BCUT2D eigenvalue weighted by atomic mass is 16.5. The summed E-state index contributed by atoms with van der Waals surface area (Å²) in [5.41, 5.74) is 3.55. The third kappa shape index (κ3) is 5.12. The zero-order valence-corrected chi connectivity index (χ0v) is 17.4. The van der Waals surface area contributed by atoms with Crippen molar-refractivity contribution in [1.82, 2.24) is 4.90 Å². The summed E-state index contributed by atoms with van der Waals surface area (Å²) in [6.45, 7) is 4.90. The fourth-order valence-corrected chi connectivity index (χ4v) is 3.93. The maximum atomic E-state index is 12.6. The minimum Gasteiger partial charge on any atom is -0.469 e. The first-order valence-corrected chi connectivity index (χ1v) is 10.1. The molecule has 0 spiro atoms. The first kappa shape index (κ1) is 20.8. The van der Waals surface area contributed by atoms with E-state index < -0.39 is 0 Å². The topological polar surface area (TPSA) is 29.5 Å². The number of carbonyl (C=O) groups is 1. The molecule has 0 fully saturated rings. The number of hydrogen-bond donors (Lipinski definition) is 0. The summed E-state index contributed by atoms with van der Waals surface area (Å²) >= 11 is 0. The van der Waals surface area contributed by atoms with Gasteiger partial charge in [-0.3, -0.25) is 9.69 Å². The van der Waals surface area contributed by atoms with Gasteiger partial charge in [-0.05, 0) is 23.6 Å². The largest absolute Gasteiger partial charge is 0.469 e. The van der Waals surface area contributed by atoms with E-state index in [9.17, 15) is 4.79 Å². The molecule has 3 heteroatoms. The van der Waals surface area contributed by atoms with Crippen molar-refractivity contribution in [2.24, 2.45) is 5.92 Å². The maximum absolute atomic E-state index is 12.6. The van der Waals surface area contributed by atoms with Crippen molar-refractivity contribution in [2.45, 2.75) is 32.5 Å². The van der Waals surface area contributed by atoms with Gasteiger partial charge in [0.25, 0.3) is 0 Å². The molecule has 3 atom stereocenters. The Bertz CT molecular complexity index is 880. The molecule has 0 aromatic heterocycles. The summed E-state index contributed by atoms with van der Waals surface area (Å²) < 4.78 is 5.13. The smallest absolute Gasteiger partial charge is 0.310 e. The van der Waals surface area contributed by atoms with E-state index in [1.54, 1.807) is 0 Å². The monoisotopic (exact) mass is 387 g/mol. The summed E-state index contributed by atoms with van der Waals surface area (Å²) in [5.74, 6) is -0.505. The molecule has 29 heavy (non-hydrogen) atoms. The number of esters is 1. The van der Waals surface area contributed by atoms with Gasteiger partial charge in [-0.25, -0.2) is 0 Å². The van der Waals surface area contributed by atoms with Crippen LogP contribution in [0.4, 0.5) is 0 Å². The molecular weight excluding hydrogens is 358 g/mol. The second-order valence-corrected chi connectivity index (χ2v) is 7.41. The summed E-state index contributed by atoms with van der Waals surface area (Å²) in [7, 11) is 1.46. The van der Waals surface area contributed by atoms with Crippen LogP contribution >= 0.6 is 0 Å². The molecule has 0 N–H and O–H groups in total. The van der Waals surface area contributed by atoms with E-state index in [1.165, 1.54) is 18.2 Å². The number of ether oxygens (including phenoxy) is 1. The molecule has 0 aliphatic heterocycles. The Labute approximate surface area is 174 Å². The molecular formula is C26H29NO2. The molecule has 0 radical (unpaired) electrons. The molecule has 3 aromatic rings. The number of methoxy groups -OCH3 is 1. The van der Waals surface area contributed by atoms with Gasteiger partial charge in [0, 0.05) is 18.6 Å². The quantitative estimate of drug-likeness (QED) is 0.458. The lowest BCUT2D eigenvalue weighted by molar-refractivity contribution is -0.148. The summed E-state index contributed by atoms with van der Waals surface area (Å²) in [6, 6.07) is 31.1. The lowest BCUT2D eigenvalue weighted by atomic mass is 9.90. The number of rotatable bonds is 8. The lowest BCUT2D eigenvalue weighted by Gasteiger charge is -2.39. The average Bonchev–Trinajstić information content (AvgIpc) is 2.79. The van der Waals surface area contributed by atoms with Gasteiger partial charge in [0.1, 0.15) is 0 Å². The second kappa shape index (κ2) is 10.0. The predicted octanol–water partition coefficient (Wildman–Crippen LogP) is 5.80. The Balaban J connectivity index is 2.07. The Kier molecular flexibility index (Phi) is 7.20. The molecule has 0 saturated carbocycles. The van der Waals surface area contributed by atoms with E-state index in [0.717, 1.165) is 12.1 Å². The summed E-state index contributed by atoms with van der Waals surface area (Å²) in [4.78, 5) is 15.0. The van der Waals surface area contributed by atoms with Crippen LogP contribution in [-0.4, -0.2) is 18.0 Å². The standard InChI is InChI=1S/C26H29NO2/c1-20(26(28)29-3)25(24-17-11-6-12-18-24)27(19-22-13-7-4-8-14-22)21(2)23-15-9-5-10-16-23/h4-18,20-21,25H,19H2,1-3H3/t20?,21-,25+/m1/s1. The van der Waals surface area contributed by atoms with Gasteiger partial charge in [0.2, 0.25) is 0 Å². The minimum atomic E-state index is -0.308. The fourth-order valence-electron chi connectivity index (χ4n) is 3.93. The van der Waals surface area contributed by atoms with Crippen LogP contribution in [0.3, 0.4) is 0 Å². The van der Waals surface area contributed by atoms with Gasteiger partial charge in [-0.15, -0.1) is 0 Å². The first-order valence-electron chi connectivity index (χ1n) is 10.1. The van der Waals surface area contributed by atoms with Crippen LogP contribution in [0.1, 0.15) is 42.6 Å². The molecule has 0 heterocycles. The zero-order valence-electron chi connectivity index (χ0n) is 17.4. The van der Waals surface area contributed by atoms with Gasteiger partial charge >= 0.3 is 5.97 Å². The van der Waals surface area contributed by atoms with Crippen LogP contribution in [0, 0.1) is 5.92 Å². The highest BCUT2D eigenvalue weighted by Crippen LogP contribution is 2.37. The van der Waals surface area contributed by atoms with E-state index >= 15 is 0 Å². The van der Waals surface area contributed by atoms with E-state index in [2.05, 4.69) is 72.5 Å². The number of benzene rings is 3. The van der Waals surface area contributed by atoms with Crippen molar-refractivity contribution in [2.75, 3.05) is 7.11 Å². The Morgan fingerprint density at radius 2 is 1.28 bits per heavy atom. The molecule has 0 saturated heterocycles. The van der Waals surface area contributed by atoms with Crippen LogP contribution < -0.4 is 0 Å². The van der Waals surface area contributed by atoms with Gasteiger partial charge in [0.05, 0.1) is 13.0 Å². The van der Waals surface area contributed by atoms with Crippen molar-refractivity contribution in [3.63, 3.8) is 0 Å². The van der Waals surface area contributed by atoms with E-state index in [0.29, 0.717) is 0 Å². The van der Waals surface area contributed by atoms with Crippen molar-refractivity contribution in [3.05, 3.63) is 108 Å². The zero-order chi connectivity index (χ0) is 20.6. The van der Waals surface area contributed by atoms with Gasteiger partial charge < -0.3 is 4.74 Å². The van der Waals surface area contributed by atoms with Crippen LogP contribution in [0.2, 0.25) is 0 Å². The highest BCUT2D eigenvalue weighted by molar-refractivity contribution is 5.73. The molecule has 150 valence electrons. The molecule has 3 rings (SSSR count). The van der Waals surface area contributed by atoms with Crippen molar-refractivity contribution < 1.29 is 9.53 Å². The van der Waals surface area contributed by atoms with Crippen LogP contribution in [0.15, 0.2) is 91.0 Å². The normalized spacial score (nSPS) is 14.2. The number of hydrogen-bond acceptors (Lipinski definition) is 3. The van der Waals surface area contributed by atoms with Crippen LogP contribution in [0.25, 0.3) is 0 Å². The molecule has 3 aromatic carbocycles. The highest BCUT2D eigenvalue weighted by Gasteiger charge is 2.34. The maximum Gasteiger partial charge on any atom is 0.310 e. The van der Waals surface area contributed by atoms with Gasteiger partial charge in [-0.1, -0.05) is 97.9 Å². The van der Waals surface area contributed by atoms with Crippen molar-refractivity contribution in [1.29, 1.82) is 0 Å². The first-order chi connectivity index (χ1) is 14.1. The van der Waals surface area contributed by atoms with E-state index in [-0.39, 0.29) is 24.0 Å². The Morgan fingerprint density at radius 3 is 1.79 bits per heavy atom. The number of nitrogens with zero attached hydrogens (tertiary/aromatic N) is 1. The Hall–Kier alpha value is -2.91. The number of carbonyl (C=O) groups excluding carboxylic acids is 1. The second-order valence-electron chi connectivity index (χ2n) is 7.41. The van der Waals surface area contributed by atoms with E-state index in [1.807, 2.05) is 37.3 Å². The average molecular weight is 388 g/mol. The third-order valence-electron chi connectivity index (χ3n) is 5.53. The molecule has 0 bridgehead atoms. The molecule has 3 nitrogen and oxygen atoms in total. The van der Waals surface area contributed by atoms with Gasteiger partial charge in [0.15, 0.2) is 0 Å². The molecule has 1 unspecified atom stereocenters. The van der Waals surface area contributed by atoms with E-state index in [4.69, 9.17) is 4.74 Å². The molecule has 0 amide bonds. The van der Waals surface area contributed by atoms with Crippen molar-refractivity contribution in [3.8, 4) is 0 Å². The van der Waals surface area contributed by atoms with Crippen molar-refractivity contribution >= 4 is 5.97 Å². The summed E-state index contributed by atoms with van der Waals surface area (Å²) in [6.07, 6.45) is 0. The van der Waals surface area contributed by atoms with Crippen LogP contribution in [-0.2, 0) is 16.1 Å². The Morgan fingerprint density at radius 1 is 0.793 bits per heavy atom. The molecule has 0 aliphatic carbocycles.